The van der Waals surface area contributed by atoms with Crippen LogP contribution in [0.5, 0.6) is 0 Å². The van der Waals surface area contributed by atoms with Gasteiger partial charge in [0.25, 0.3) is 11.8 Å². The third kappa shape index (κ3) is 3.47. The van der Waals surface area contributed by atoms with E-state index >= 15 is 0 Å². The van der Waals surface area contributed by atoms with E-state index in [0.717, 1.165) is 27.0 Å². The van der Waals surface area contributed by atoms with Crippen molar-refractivity contribution >= 4 is 38.0 Å². The molecule has 0 fully saturated rings. The van der Waals surface area contributed by atoms with Crippen LogP contribution in [-0.2, 0) is 6.54 Å². The maximum atomic E-state index is 12.6. The van der Waals surface area contributed by atoms with E-state index in [4.69, 9.17) is 10.2 Å². The highest BCUT2D eigenvalue weighted by molar-refractivity contribution is 7.22. The fraction of sp³-hybridized carbons (Fsp3) is 0.118. The quantitative estimate of drug-likeness (QED) is 0.443. The number of fused-ring (bicyclic) bond motifs is 1. The Labute approximate surface area is 169 Å². The Bertz CT molecular complexity index is 1310. The van der Waals surface area contributed by atoms with Gasteiger partial charge in [0.2, 0.25) is 0 Å². The molecule has 0 aliphatic carbocycles. The van der Waals surface area contributed by atoms with Gasteiger partial charge in [0.05, 0.1) is 27.8 Å². The molecule has 0 aliphatic heterocycles. The number of thiazole rings is 1. The van der Waals surface area contributed by atoms with E-state index in [0.29, 0.717) is 16.6 Å². The fourth-order valence-corrected chi connectivity index (χ4v) is 4.39. The fourth-order valence-electron chi connectivity index (χ4n) is 2.79. The summed E-state index contributed by atoms with van der Waals surface area (Å²) < 4.78 is 32.9. The van der Waals surface area contributed by atoms with Crippen LogP contribution in [0.2, 0.25) is 0 Å². The molecule has 2 N–H and O–H groups in total. The number of nitrogens with two attached hydrogens (primary N) is 1. The summed E-state index contributed by atoms with van der Waals surface area (Å²) in [4.78, 5) is 4.86. The lowest BCUT2D eigenvalue weighted by atomic mass is 10.1. The van der Waals surface area contributed by atoms with Gasteiger partial charge in [0.15, 0.2) is 5.13 Å². The number of nitrogen functional groups attached to an aromatic ring is 1. The molecule has 146 valence electrons. The van der Waals surface area contributed by atoms with Crippen molar-refractivity contribution in [1.29, 1.82) is 0 Å². The number of aromatic nitrogens is 6. The molecule has 0 spiro atoms. The number of nitrogens with zero attached hydrogens (tertiary/aromatic N) is 6. The molecule has 5 aromatic rings. The Morgan fingerprint density at radius 1 is 1.17 bits per heavy atom. The predicted octanol–water partition coefficient (Wildman–Crippen LogP) is 4.23. The van der Waals surface area contributed by atoms with Crippen molar-refractivity contribution in [3.63, 3.8) is 0 Å². The summed E-state index contributed by atoms with van der Waals surface area (Å²) in [7, 11) is 0. The number of hydrogen-bond acceptors (Lipinski definition) is 9. The van der Waals surface area contributed by atoms with Crippen molar-refractivity contribution in [2.45, 2.75) is 13.0 Å². The Hall–Kier alpha value is -3.25. The number of alkyl halides is 2. The molecule has 0 unspecified atom stereocenters. The van der Waals surface area contributed by atoms with Crippen LogP contribution >= 0.6 is 22.7 Å². The first-order chi connectivity index (χ1) is 14.0. The standard InChI is InChI=1S/C17H11F2N7OS2/c18-14(19)16-24-23-15(27-16)13-3-8(7-28-13)5-26-6-11(22-25-26)9-1-2-10-12(4-9)29-17(20)21-10/h1-4,6-7,14H,5H2,(H2,20,21). The molecule has 4 heterocycles. The van der Waals surface area contributed by atoms with E-state index in [2.05, 4.69) is 25.5 Å². The van der Waals surface area contributed by atoms with Crippen LogP contribution < -0.4 is 5.73 Å². The molecule has 0 radical (unpaired) electrons. The molecule has 12 heteroatoms. The molecular formula is C17H11F2N7OS2. The highest BCUT2D eigenvalue weighted by Crippen LogP contribution is 2.30. The van der Waals surface area contributed by atoms with Gasteiger partial charge in [0, 0.05) is 5.56 Å². The maximum absolute atomic E-state index is 12.6. The zero-order valence-corrected chi connectivity index (χ0v) is 16.1. The van der Waals surface area contributed by atoms with E-state index in [1.54, 1.807) is 10.7 Å². The molecule has 29 heavy (non-hydrogen) atoms. The lowest BCUT2D eigenvalue weighted by molar-refractivity contribution is 0.116. The summed E-state index contributed by atoms with van der Waals surface area (Å²) in [5.41, 5.74) is 9.18. The molecule has 0 aliphatic rings. The summed E-state index contributed by atoms with van der Waals surface area (Å²) in [5, 5.41) is 17.8. The van der Waals surface area contributed by atoms with Crippen molar-refractivity contribution in [2.24, 2.45) is 0 Å². The molecule has 0 amide bonds. The number of halogens is 2. The monoisotopic (exact) mass is 431 g/mol. The third-order valence-electron chi connectivity index (χ3n) is 4.08. The molecule has 0 atom stereocenters. The minimum Gasteiger partial charge on any atom is -0.414 e. The largest absolute Gasteiger partial charge is 0.414 e. The van der Waals surface area contributed by atoms with E-state index in [1.807, 2.05) is 29.8 Å². The van der Waals surface area contributed by atoms with Crippen molar-refractivity contribution in [3.8, 4) is 22.0 Å². The van der Waals surface area contributed by atoms with Crippen LogP contribution in [0.3, 0.4) is 0 Å². The summed E-state index contributed by atoms with van der Waals surface area (Å²) in [5.74, 6) is -0.608. The number of rotatable bonds is 5. The number of benzene rings is 1. The number of anilines is 1. The zero-order chi connectivity index (χ0) is 20.0. The van der Waals surface area contributed by atoms with Crippen LogP contribution in [0.4, 0.5) is 13.9 Å². The maximum Gasteiger partial charge on any atom is 0.314 e. The molecule has 0 saturated carbocycles. The number of hydrogen-bond donors (Lipinski definition) is 1. The molecular weight excluding hydrogens is 420 g/mol. The third-order valence-corrected chi connectivity index (χ3v) is 5.89. The predicted molar refractivity (Wildman–Crippen MR) is 105 cm³/mol. The molecule has 0 bridgehead atoms. The van der Waals surface area contributed by atoms with E-state index in [-0.39, 0.29) is 5.89 Å². The van der Waals surface area contributed by atoms with Crippen molar-refractivity contribution in [1.82, 2.24) is 30.2 Å². The molecule has 4 aromatic heterocycles. The summed E-state index contributed by atoms with van der Waals surface area (Å²) >= 11 is 2.75. The summed E-state index contributed by atoms with van der Waals surface area (Å²) in [6.45, 7) is 0.467. The average Bonchev–Trinajstić information content (AvgIpc) is 3.47. The van der Waals surface area contributed by atoms with Crippen LogP contribution in [0.15, 0.2) is 40.3 Å². The Kier molecular flexibility index (Phi) is 4.28. The second-order valence-corrected chi connectivity index (χ2v) is 8.07. The van der Waals surface area contributed by atoms with Crippen LogP contribution in [0, 0.1) is 0 Å². The highest BCUT2D eigenvalue weighted by atomic mass is 32.1. The lowest BCUT2D eigenvalue weighted by Crippen LogP contribution is -1.98. The molecule has 0 saturated heterocycles. The van der Waals surface area contributed by atoms with Gasteiger partial charge in [-0.15, -0.1) is 26.6 Å². The van der Waals surface area contributed by atoms with Gasteiger partial charge in [-0.3, -0.25) is 0 Å². The average molecular weight is 431 g/mol. The Morgan fingerprint density at radius 2 is 2.07 bits per heavy atom. The second kappa shape index (κ2) is 6.97. The highest BCUT2D eigenvalue weighted by Gasteiger charge is 2.18. The smallest absolute Gasteiger partial charge is 0.314 e. The Morgan fingerprint density at radius 3 is 2.90 bits per heavy atom. The van der Waals surface area contributed by atoms with Crippen molar-refractivity contribution in [3.05, 3.63) is 47.3 Å². The second-order valence-electron chi connectivity index (χ2n) is 6.10. The normalized spacial score (nSPS) is 11.7. The SMILES string of the molecule is Nc1nc2ccc(-c3cn(Cc4csc(-c5nnc(C(F)F)o5)c4)nn3)cc2s1. The van der Waals surface area contributed by atoms with Gasteiger partial charge >= 0.3 is 6.43 Å². The molecule has 1 aromatic carbocycles. The van der Waals surface area contributed by atoms with Crippen LogP contribution in [0.1, 0.15) is 17.9 Å². The zero-order valence-electron chi connectivity index (χ0n) is 14.5. The van der Waals surface area contributed by atoms with Gasteiger partial charge < -0.3 is 10.2 Å². The van der Waals surface area contributed by atoms with E-state index in [9.17, 15) is 8.78 Å². The minimum atomic E-state index is -2.79. The van der Waals surface area contributed by atoms with Gasteiger partial charge in [0.1, 0.15) is 5.69 Å². The molecule has 8 nitrogen and oxygen atoms in total. The lowest BCUT2D eigenvalue weighted by Gasteiger charge is -1.97. The van der Waals surface area contributed by atoms with Crippen LogP contribution in [0.25, 0.3) is 32.2 Å². The van der Waals surface area contributed by atoms with Crippen molar-refractivity contribution in [2.75, 3.05) is 5.73 Å². The van der Waals surface area contributed by atoms with E-state index < -0.39 is 12.3 Å². The van der Waals surface area contributed by atoms with E-state index in [1.165, 1.54) is 22.7 Å². The Balaban J connectivity index is 1.35. The first kappa shape index (κ1) is 17.8. The first-order valence-corrected chi connectivity index (χ1v) is 10.0. The van der Waals surface area contributed by atoms with Gasteiger partial charge in [-0.1, -0.05) is 22.6 Å². The minimum absolute atomic E-state index is 0.0768. The van der Waals surface area contributed by atoms with Crippen molar-refractivity contribution < 1.29 is 13.2 Å². The number of thiophene rings is 1. The first-order valence-electron chi connectivity index (χ1n) is 8.31. The summed E-state index contributed by atoms with van der Waals surface area (Å²) in [6, 6.07) is 7.62. The van der Waals surface area contributed by atoms with Gasteiger partial charge in [-0.2, -0.15) is 8.78 Å². The topological polar surface area (TPSA) is 109 Å². The van der Waals surface area contributed by atoms with Crippen LogP contribution in [-0.4, -0.2) is 30.2 Å². The summed E-state index contributed by atoms with van der Waals surface area (Å²) in [6.07, 6.45) is -0.949. The van der Waals surface area contributed by atoms with Gasteiger partial charge in [-0.05, 0) is 29.1 Å². The molecule has 5 rings (SSSR count). The van der Waals surface area contributed by atoms with Gasteiger partial charge in [-0.25, -0.2) is 9.67 Å².